The highest BCUT2D eigenvalue weighted by molar-refractivity contribution is 5.19. The lowest BCUT2D eigenvalue weighted by atomic mass is 9.68. The first-order chi connectivity index (χ1) is 7.48. The molecule has 0 bridgehead atoms. The lowest BCUT2D eigenvalue weighted by Gasteiger charge is -2.39. The molecule has 1 aliphatic rings. The summed E-state index contributed by atoms with van der Waals surface area (Å²) in [6, 6.07) is 1.97. The van der Waals surface area contributed by atoms with Crippen molar-refractivity contribution in [3.63, 3.8) is 0 Å². The zero-order valence-electron chi connectivity index (χ0n) is 10.3. The molecule has 0 saturated heterocycles. The Bertz CT molecular complexity index is 372. The minimum Gasteiger partial charge on any atom is -0.395 e. The van der Waals surface area contributed by atoms with Crippen LogP contribution in [0.25, 0.3) is 0 Å². The Balaban J connectivity index is 2.36. The van der Waals surface area contributed by atoms with Crippen molar-refractivity contribution in [2.24, 2.45) is 0 Å². The highest BCUT2D eigenvalue weighted by Gasteiger charge is 2.41. The molecule has 1 saturated carbocycles. The van der Waals surface area contributed by atoms with Crippen LogP contribution in [-0.2, 0) is 10.8 Å². The standard InChI is InChI=1S/C13H20N2O/c1-12(2,3)10-5-8-14-11(15-10)13(9-16)6-4-7-13/h5,8,16H,4,6-7,9H2,1-3H3. The Labute approximate surface area is 96.9 Å². The van der Waals surface area contributed by atoms with Gasteiger partial charge in [0.25, 0.3) is 0 Å². The summed E-state index contributed by atoms with van der Waals surface area (Å²) in [7, 11) is 0. The van der Waals surface area contributed by atoms with Gasteiger partial charge in [-0.1, -0.05) is 27.2 Å². The third kappa shape index (κ3) is 1.84. The highest BCUT2D eigenvalue weighted by Crippen LogP contribution is 2.41. The van der Waals surface area contributed by atoms with Crippen LogP contribution in [0.3, 0.4) is 0 Å². The SMILES string of the molecule is CC(C)(C)c1ccnc(C2(CO)CCC2)n1. The molecule has 0 atom stereocenters. The summed E-state index contributed by atoms with van der Waals surface area (Å²) in [5.74, 6) is 0.827. The van der Waals surface area contributed by atoms with E-state index in [1.807, 2.05) is 12.3 Å². The molecule has 0 unspecified atom stereocenters. The van der Waals surface area contributed by atoms with E-state index in [0.717, 1.165) is 24.4 Å². The molecule has 1 N–H and O–H groups in total. The van der Waals surface area contributed by atoms with Crippen molar-refractivity contribution in [3.8, 4) is 0 Å². The quantitative estimate of drug-likeness (QED) is 0.831. The van der Waals surface area contributed by atoms with Crippen molar-refractivity contribution in [1.29, 1.82) is 0 Å². The third-order valence-corrected chi connectivity index (χ3v) is 3.51. The molecule has 0 aromatic carbocycles. The fraction of sp³-hybridized carbons (Fsp3) is 0.692. The van der Waals surface area contributed by atoms with Crippen LogP contribution in [0, 0.1) is 0 Å². The van der Waals surface area contributed by atoms with Gasteiger partial charge in [-0.3, -0.25) is 0 Å². The Hall–Kier alpha value is -0.960. The van der Waals surface area contributed by atoms with Gasteiger partial charge in [-0.05, 0) is 18.9 Å². The molecule has 0 radical (unpaired) electrons. The Morgan fingerprint density at radius 3 is 2.50 bits per heavy atom. The third-order valence-electron chi connectivity index (χ3n) is 3.51. The molecule has 1 aromatic heterocycles. The highest BCUT2D eigenvalue weighted by atomic mass is 16.3. The van der Waals surface area contributed by atoms with Gasteiger partial charge in [0.1, 0.15) is 5.82 Å². The first-order valence-corrected chi connectivity index (χ1v) is 5.93. The Morgan fingerprint density at radius 2 is 2.06 bits per heavy atom. The van der Waals surface area contributed by atoms with Gasteiger partial charge in [-0.15, -0.1) is 0 Å². The molecule has 0 amide bonds. The van der Waals surface area contributed by atoms with E-state index in [1.54, 1.807) is 0 Å². The maximum atomic E-state index is 9.50. The lowest BCUT2D eigenvalue weighted by molar-refractivity contribution is 0.111. The fourth-order valence-electron chi connectivity index (χ4n) is 2.09. The largest absolute Gasteiger partial charge is 0.395 e. The molecule has 0 spiro atoms. The summed E-state index contributed by atoms with van der Waals surface area (Å²) >= 11 is 0. The van der Waals surface area contributed by atoms with Crippen LogP contribution >= 0.6 is 0 Å². The van der Waals surface area contributed by atoms with Crippen LogP contribution in [0.2, 0.25) is 0 Å². The summed E-state index contributed by atoms with van der Waals surface area (Å²) in [6.45, 7) is 6.60. The molecule has 0 aliphatic heterocycles. The van der Waals surface area contributed by atoms with Crippen LogP contribution in [-0.4, -0.2) is 21.7 Å². The Morgan fingerprint density at radius 1 is 1.38 bits per heavy atom. The summed E-state index contributed by atoms with van der Waals surface area (Å²) < 4.78 is 0. The summed E-state index contributed by atoms with van der Waals surface area (Å²) in [5, 5.41) is 9.50. The summed E-state index contributed by atoms with van der Waals surface area (Å²) in [4.78, 5) is 8.98. The topological polar surface area (TPSA) is 46.0 Å². The first-order valence-electron chi connectivity index (χ1n) is 5.93. The second-order valence-electron chi connectivity index (χ2n) is 5.81. The zero-order chi connectivity index (χ0) is 11.8. The van der Waals surface area contributed by atoms with E-state index in [0.29, 0.717) is 0 Å². The van der Waals surface area contributed by atoms with Crippen LogP contribution in [0.1, 0.15) is 51.6 Å². The van der Waals surface area contributed by atoms with Gasteiger partial charge in [0.15, 0.2) is 0 Å². The second-order valence-corrected chi connectivity index (χ2v) is 5.81. The second kappa shape index (κ2) is 3.81. The number of aliphatic hydroxyl groups excluding tert-OH is 1. The van der Waals surface area contributed by atoms with E-state index in [-0.39, 0.29) is 17.4 Å². The average molecular weight is 220 g/mol. The van der Waals surface area contributed by atoms with Crippen molar-refractivity contribution < 1.29 is 5.11 Å². The van der Waals surface area contributed by atoms with E-state index in [9.17, 15) is 5.11 Å². The molecule has 1 fully saturated rings. The molecule has 2 rings (SSSR count). The van der Waals surface area contributed by atoms with Crippen LogP contribution in [0.4, 0.5) is 0 Å². The van der Waals surface area contributed by atoms with Gasteiger partial charge >= 0.3 is 0 Å². The number of aliphatic hydroxyl groups is 1. The van der Waals surface area contributed by atoms with E-state index >= 15 is 0 Å². The molecule has 1 aromatic rings. The number of hydrogen-bond acceptors (Lipinski definition) is 3. The number of nitrogens with zero attached hydrogens (tertiary/aromatic N) is 2. The monoisotopic (exact) mass is 220 g/mol. The van der Waals surface area contributed by atoms with E-state index in [1.165, 1.54) is 6.42 Å². The minimum absolute atomic E-state index is 0.0398. The lowest BCUT2D eigenvalue weighted by Crippen LogP contribution is -2.40. The number of aromatic nitrogens is 2. The molecular weight excluding hydrogens is 200 g/mol. The predicted molar refractivity (Wildman–Crippen MR) is 63.3 cm³/mol. The molecule has 1 aliphatic carbocycles. The van der Waals surface area contributed by atoms with Gasteiger partial charge in [0.2, 0.25) is 0 Å². The maximum Gasteiger partial charge on any atom is 0.136 e. The van der Waals surface area contributed by atoms with Crippen molar-refractivity contribution in [2.45, 2.75) is 50.9 Å². The summed E-state index contributed by atoms with van der Waals surface area (Å²) in [5.41, 5.74) is 0.941. The van der Waals surface area contributed by atoms with Crippen LogP contribution in [0.15, 0.2) is 12.3 Å². The van der Waals surface area contributed by atoms with E-state index in [2.05, 4.69) is 30.7 Å². The van der Waals surface area contributed by atoms with Gasteiger partial charge in [0.05, 0.1) is 12.0 Å². The van der Waals surface area contributed by atoms with E-state index < -0.39 is 0 Å². The van der Waals surface area contributed by atoms with Crippen molar-refractivity contribution in [1.82, 2.24) is 9.97 Å². The zero-order valence-corrected chi connectivity index (χ0v) is 10.3. The molecule has 1 heterocycles. The molecule has 16 heavy (non-hydrogen) atoms. The predicted octanol–water partition coefficient (Wildman–Crippen LogP) is 2.19. The van der Waals surface area contributed by atoms with Crippen molar-refractivity contribution >= 4 is 0 Å². The molecule has 88 valence electrons. The maximum absolute atomic E-state index is 9.50. The summed E-state index contributed by atoms with van der Waals surface area (Å²) in [6.07, 6.45) is 5.01. The molecule has 3 nitrogen and oxygen atoms in total. The van der Waals surface area contributed by atoms with Crippen LogP contribution in [0.5, 0.6) is 0 Å². The molecule has 3 heteroatoms. The van der Waals surface area contributed by atoms with Gasteiger partial charge in [-0.25, -0.2) is 9.97 Å². The normalized spacial score (nSPS) is 19.2. The smallest absolute Gasteiger partial charge is 0.136 e. The first kappa shape index (κ1) is 11.5. The Kier molecular flexibility index (Phi) is 2.74. The molecular formula is C13H20N2O. The number of hydrogen-bond donors (Lipinski definition) is 1. The average Bonchev–Trinajstić information content (AvgIpc) is 2.16. The van der Waals surface area contributed by atoms with E-state index in [4.69, 9.17) is 0 Å². The van der Waals surface area contributed by atoms with Gasteiger partial charge < -0.3 is 5.11 Å². The van der Waals surface area contributed by atoms with Gasteiger partial charge in [0, 0.05) is 17.3 Å². The van der Waals surface area contributed by atoms with Gasteiger partial charge in [-0.2, -0.15) is 0 Å². The van der Waals surface area contributed by atoms with Crippen molar-refractivity contribution in [2.75, 3.05) is 6.61 Å². The fourth-order valence-corrected chi connectivity index (χ4v) is 2.09. The number of rotatable bonds is 2. The minimum atomic E-state index is -0.152. The van der Waals surface area contributed by atoms with Crippen molar-refractivity contribution in [3.05, 3.63) is 23.8 Å². The van der Waals surface area contributed by atoms with Crippen LogP contribution < -0.4 is 0 Å².